The van der Waals surface area contributed by atoms with Crippen LogP contribution < -0.4 is 5.32 Å². The highest BCUT2D eigenvalue weighted by Gasteiger charge is 2.33. The summed E-state index contributed by atoms with van der Waals surface area (Å²) in [4.78, 5) is 0. The van der Waals surface area contributed by atoms with Crippen molar-refractivity contribution >= 4 is 11.6 Å². The summed E-state index contributed by atoms with van der Waals surface area (Å²) in [6.45, 7) is 1.10. The minimum Gasteiger partial charge on any atom is -0.314 e. The molecule has 0 spiro atoms. The second-order valence-electron chi connectivity index (χ2n) is 5.68. The lowest BCUT2D eigenvalue weighted by Crippen LogP contribution is -2.37. The van der Waals surface area contributed by atoms with E-state index in [9.17, 15) is 4.39 Å². The van der Waals surface area contributed by atoms with E-state index in [4.69, 9.17) is 11.6 Å². The Morgan fingerprint density at radius 2 is 1.94 bits per heavy atom. The van der Waals surface area contributed by atoms with Gasteiger partial charge in [-0.05, 0) is 62.6 Å². The van der Waals surface area contributed by atoms with Crippen molar-refractivity contribution in [2.24, 2.45) is 11.8 Å². The van der Waals surface area contributed by atoms with Gasteiger partial charge in [-0.3, -0.25) is 0 Å². The topological polar surface area (TPSA) is 12.0 Å². The predicted molar refractivity (Wildman–Crippen MR) is 72.4 cm³/mol. The van der Waals surface area contributed by atoms with Crippen molar-refractivity contribution in [3.8, 4) is 0 Å². The molecule has 98 valence electrons. The van der Waals surface area contributed by atoms with Crippen LogP contribution in [0.15, 0.2) is 18.2 Å². The molecule has 0 bridgehead atoms. The van der Waals surface area contributed by atoms with Crippen molar-refractivity contribution in [3.05, 3.63) is 34.6 Å². The Bertz CT molecular complexity index is 410. The summed E-state index contributed by atoms with van der Waals surface area (Å²) in [7, 11) is 0. The third-order valence-electron chi connectivity index (χ3n) is 4.35. The summed E-state index contributed by atoms with van der Waals surface area (Å²) in [5.41, 5.74) is 0.709. The van der Waals surface area contributed by atoms with Gasteiger partial charge in [-0.15, -0.1) is 0 Å². The van der Waals surface area contributed by atoms with Crippen LogP contribution in [-0.4, -0.2) is 12.6 Å². The summed E-state index contributed by atoms with van der Waals surface area (Å²) in [5.74, 6) is 1.16. The average molecular weight is 268 g/mol. The van der Waals surface area contributed by atoms with E-state index in [0.29, 0.717) is 22.4 Å². The molecule has 0 aromatic heterocycles. The van der Waals surface area contributed by atoms with Crippen LogP contribution in [0.1, 0.15) is 31.2 Å². The zero-order valence-electron chi connectivity index (χ0n) is 10.5. The molecule has 2 fully saturated rings. The van der Waals surface area contributed by atoms with Gasteiger partial charge in [-0.1, -0.05) is 17.7 Å². The molecule has 2 unspecified atom stereocenters. The van der Waals surface area contributed by atoms with Crippen LogP contribution in [0, 0.1) is 17.7 Å². The van der Waals surface area contributed by atoms with Crippen LogP contribution in [0.2, 0.25) is 5.02 Å². The van der Waals surface area contributed by atoms with E-state index in [1.165, 1.54) is 31.7 Å². The van der Waals surface area contributed by atoms with Gasteiger partial charge in [0.2, 0.25) is 0 Å². The summed E-state index contributed by atoms with van der Waals surface area (Å²) >= 11 is 6.08. The molecule has 1 aromatic rings. The van der Waals surface area contributed by atoms with Gasteiger partial charge >= 0.3 is 0 Å². The van der Waals surface area contributed by atoms with E-state index in [2.05, 4.69) is 5.32 Å². The van der Waals surface area contributed by atoms with Crippen molar-refractivity contribution in [2.75, 3.05) is 6.54 Å². The Balaban J connectivity index is 1.58. The predicted octanol–water partition coefficient (Wildman–Crippen LogP) is 3.80. The molecule has 2 atom stereocenters. The fraction of sp³-hybridized carbons (Fsp3) is 0.600. The SMILES string of the molecule is Fc1cccc(Cl)c1CC1CCC1CNC1CC1. The molecule has 2 saturated carbocycles. The number of hydrogen-bond acceptors (Lipinski definition) is 1. The van der Waals surface area contributed by atoms with Crippen LogP contribution in [0.25, 0.3) is 0 Å². The zero-order valence-corrected chi connectivity index (χ0v) is 11.2. The first-order chi connectivity index (χ1) is 8.74. The van der Waals surface area contributed by atoms with Gasteiger partial charge in [0.1, 0.15) is 5.82 Å². The molecule has 0 amide bonds. The van der Waals surface area contributed by atoms with Crippen LogP contribution in [0.4, 0.5) is 4.39 Å². The van der Waals surface area contributed by atoms with Crippen LogP contribution >= 0.6 is 11.6 Å². The number of hydrogen-bond donors (Lipinski definition) is 1. The fourth-order valence-electron chi connectivity index (χ4n) is 2.77. The largest absolute Gasteiger partial charge is 0.314 e. The van der Waals surface area contributed by atoms with Crippen molar-refractivity contribution in [1.82, 2.24) is 5.32 Å². The van der Waals surface area contributed by atoms with Crippen molar-refractivity contribution in [3.63, 3.8) is 0 Å². The van der Waals surface area contributed by atoms with E-state index in [0.717, 1.165) is 19.0 Å². The third-order valence-corrected chi connectivity index (χ3v) is 4.70. The molecule has 18 heavy (non-hydrogen) atoms. The smallest absolute Gasteiger partial charge is 0.127 e. The van der Waals surface area contributed by atoms with Crippen LogP contribution in [0.5, 0.6) is 0 Å². The molecule has 0 saturated heterocycles. The molecule has 1 N–H and O–H groups in total. The third kappa shape index (κ3) is 2.70. The van der Waals surface area contributed by atoms with Gasteiger partial charge in [0.25, 0.3) is 0 Å². The van der Waals surface area contributed by atoms with E-state index in [1.807, 2.05) is 0 Å². The normalized spacial score (nSPS) is 27.0. The standard InChI is InChI=1S/C15H19ClFN/c16-14-2-1-3-15(17)13(14)8-10-4-5-11(10)9-18-12-6-7-12/h1-3,10-12,18H,4-9H2. The minimum absolute atomic E-state index is 0.150. The maximum absolute atomic E-state index is 13.7. The van der Waals surface area contributed by atoms with E-state index in [-0.39, 0.29) is 5.82 Å². The Morgan fingerprint density at radius 1 is 1.17 bits per heavy atom. The first-order valence-electron chi connectivity index (χ1n) is 6.90. The highest BCUT2D eigenvalue weighted by molar-refractivity contribution is 6.31. The molecule has 3 rings (SSSR count). The highest BCUT2D eigenvalue weighted by Crippen LogP contribution is 2.38. The van der Waals surface area contributed by atoms with Gasteiger partial charge in [0.15, 0.2) is 0 Å². The second kappa shape index (κ2) is 5.18. The Labute approximate surface area is 113 Å². The Kier molecular flexibility index (Phi) is 3.58. The minimum atomic E-state index is -0.150. The van der Waals surface area contributed by atoms with Gasteiger partial charge in [-0.25, -0.2) is 4.39 Å². The van der Waals surface area contributed by atoms with Gasteiger partial charge in [0, 0.05) is 16.6 Å². The van der Waals surface area contributed by atoms with Crippen LogP contribution in [-0.2, 0) is 6.42 Å². The molecule has 0 radical (unpaired) electrons. The number of halogens is 2. The van der Waals surface area contributed by atoms with E-state index in [1.54, 1.807) is 12.1 Å². The van der Waals surface area contributed by atoms with Crippen molar-refractivity contribution in [2.45, 2.75) is 38.1 Å². The van der Waals surface area contributed by atoms with Gasteiger partial charge in [0.05, 0.1) is 0 Å². The lowest BCUT2D eigenvalue weighted by Gasteiger charge is -2.37. The van der Waals surface area contributed by atoms with Gasteiger partial charge < -0.3 is 5.32 Å². The van der Waals surface area contributed by atoms with Crippen molar-refractivity contribution in [1.29, 1.82) is 0 Å². The van der Waals surface area contributed by atoms with E-state index < -0.39 is 0 Å². The molecule has 1 nitrogen and oxygen atoms in total. The maximum Gasteiger partial charge on any atom is 0.127 e. The molecule has 0 heterocycles. The highest BCUT2D eigenvalue weighted by atomic mass is 35.5. The number of benzene rings is 1. The lowest BCUT2D eigenvalue weighted by atomic mass is 9.70. The molecule has 2 aliphatic rings. The first kappa shape index (κ1) is 12.4. The second-order valence-corrected chi connectivity index (χ2v) is 6.09. The summed E-state index contributed by atoms with van der Waals surface area (Å²) in [6, 6.07) is 5.74. The maximum atomic E-state index is 13.7. The zero-order chi connectivity index (χ0) is 12.5. The monoisotopic (exact) mass is 267 g/mol. The number of rotatable bonds is 5. The Morgan fingerprint density at radius 3 is 2.56 bits per heavy atom. The first-order valence-corrected chi connectivity index (χ1v) is 7.28. The molecular formula is C15H19ClFN. The quantitative estimate of drug-likeness (QED) is 0.856. The van der Waals surface area contributed by atoms with Crippen LogP contribution in [0.3, 0.4) is 0 Å². The molecule has 0 aliphatic heterocycles. The molecular weight excluding hydrogens is 249 g/mol. The van der Waals surface area contributed by atoms with Crippen molar-refractivity contribution < 1.29 is 4.39 Å². The lowest BCUT2D eigenvalue weighted by molar-refractivity contribution is 0.169. The fourth-order valence-corrected chi connectivity index (χ4v) is 3.01. The Hall–Kier alpha value is -0.600. The summed E-state index contributed by atoms with van der Waals surface area (Å²) in [5, 5.41) is 4.16. The van der Waals surface area contributed by atoms with E-state index >= 15 is 0 Å². The molecule has 1 aromatic carbocycles. The summed E-state index contributed by atoms with van der Waals surface area (Å²) < 4.78 is 13.7. The summed E-state index contributed by atoms with van der Waals surface area (Å²) in [6.07, 6.45) is 5.94. The average Bonchev–Trinajstić information content (AvgIpc) is 3.11. The molecule has 3 heteroatoms. The molecule has 2 aliphatic carbocycles. The van der Waals surface area contributed by atoms with Gasteiger partial charge in [-0.2, -0.15) is 0 Å². The number of nitrogens with one attached hydrogen (secondary N) is 1.